The molecule has 0 bridgehead atoms. The zero-order valence-corrected chi connectivity index (χ0v) is 16.9. The fourth-order valence-corrected chi connectivity index (χ4v) is 6.47. The van der Waals surface area contributed by atoms with Gasteiger partial charge < -0.3 is 0 Å². The number of fused-ring (bicyclic) bond motifs is 2. The molecule has 0 aliphatic carbocycles. The smallest absolute Gasteiger partial charge is 0.000118 e. The van der Waals surface area contributed by atoms with Gasteiger partial charge in [0.05, 0.1) is 0 Å². The molecule has 0 unspecified atom stereocenters. The highest BCUT2D eigenvalue weighted by Gasteiger charge is 2.24. The minimum atomic E-state index is 1.39. The van der Waals surface area contributed by atoms with Crippen LogP contribution in [0.2, 0.25) is 0 Å². The van der Waals surface area contributed by atoms with Gasteiger partial charge in [0.25, 0.3) is 0 Å². The fourth-order valence-electron chi connectivity index (χ4n) is 6.47. The first-order valence-electron chi connectivity index (χ1n) is 10.7. The molecule has 0 heterocycles. The van der Waals surface area contributed by atoms with Crippen LogP contribution in [0.3, 0.4) is 0 Å². The number of benzene rings is 8. The van der Waals surface area contributed by atoms with Gasteiger partial charge in [-0.15, -0.1) is 0 Å². The van der Waals surface area contributed by atoms with Crippen molar-refractivity contribution >= 4 is 75.4 Å². The molecule has 0 aromatic heterocycles. The van der Waals surface area contributed by atoms with E-state index in [1.54, 1.807) is 0 Å². The molecule has 8 aromatic carbocycles. The van der Waals surface area contributed by atoms with Crippen LogP contribution in [0.4, 0.5) is 0 Å². The fraction of sp³-hybridized carbons (Fsp3) is 0.0667. The molecule has 0 amide bonds. The Bertz CT molecular complexity index is 1670. The molecule has 0 fully saturated rings. The highest BCUT2D eigenvalue weighted by Crippen LogP contribution is 2.52. The van der Waals surface area contributed by atoms with Gasteiger partial charge in [-0.2, -0.15) is 0 Å². The van der Waals surface area contributed by atoms with Crippen molar-refractivity contribution in [3.05, 3.63) is 83.9 Å². The summed E-state index contributed by atoms with van der Waals surface area (Å²) in [6.07, 6.45) is 0. The van der Waals surface area contributed by atoms with Crippen molar-refractivity contribution in [1.29, 1.82) is 0 Å². The topological polar surface area (TPSA) is 0 Å². The first-order valence-corrected chi connectivity index (χ1v) is 10.7. The van der Waals surface area contributed by atoms with E-state index in [-0.39, 0.29) is 0 Å². The first-order chi connectivity index (χ1) is 14.8. The molecule has 0 N–H and O–H groups in total. The summed E-state index contributed by atoms with van der Waals surface area (Å²) >= 11 is 0. The van der Waals surface area contributed by atoms with E-state index in [2.05, 4.69) is 86.6 Å². The summed E-state index contributed by atoms with van der Waals surface area (Å²) < 4.78 is 0. The molecule has 0 aliphatic rings. The molecular weight excluding hydrogens is 360 g/mol. The Kier molecular flexibility index (Phi) is 2.41. The molecule has 0 atom stereocenters. The van der Waals surface area contributed by atoms with Gasteiger partial charge in [-0.1, -0.05) is 72.8 Å². The van der Waals surface area contributed by atoms with Crippen molar-refractivity contribution in [2.24, 2.45) is 0 Å². The van der Waals surface area contributed by atoms with Gasteiger partial charge in [-0.25, -0.2) is 0 Å². The maximum Gasteiger partial charge on any atom is -0.000118 e. The SMILES string of the molecule is Cc1c2cccc3c4cccc5c(C)c6cccc7c8cccc1c8c(c23)c(c54)c67. The Morgan fingerprint density at radius 2 is 0.533 bits per heavy atom. The molecule has 0 aliphatic heterocycles. The number of rotatable bonds is 0. The van der Waals surface area contributed by atoms with Crippen molar-refractivity contribution in [3.63, 3.8) is 0 Å². The van der Waals surface area contributed by atoms with Crippen LogP contribution in [-0.4, -0.2) is 0 Å². The molecule has 30 heavy (non-hydrogen) atoms. The molecule has 0 saturated heterocycles. The molecule has 0 heteroatoms. The van der Waals surface area contributed by atoms with Crippen LogP contribution in [0, 0.1) is 13.8 Å². The Hall–Kier alpha value is -3.64. The van der Waals surface area contributed by atoms with Gasteiger partial charge in [0.2, 0.25) is 0 Å². The Balaban J connectivity index is 1.99. The average molecular weight is 378 g/mol. The molecule has 0 spiro atoms. The zero-order valence-electron chi connectivity index (χ0n) is 16.9. The monoisotopic (exact) mass is 378 g/mol. The summed E-state index contributed by atoms with van der Waals surface area (Å²) in [5.41, 5.74) is 2.79. The molecule has 0 saturated carbocycles. The van der Waals surface area contributed by atoms with E-state index in [9.17, 15) is 0 Å². The number of hydrogen-bond acceptors (Lipinski definition) is 0. The minimum absolute atomic E-state index is 1.39. The van der Waals surface area contributed by atoms with Gasteiger partial charge >= 0.3 is 0 Å². The summed E-state index contributed by atoms with van der Waals surface area (Å²) in [6, 6.07) is 27.5. The van der Waals surface area contributed by atoms with Crippen LogP contribution in [0.15, 0.2) is 72.8 Å². The quantitative estimate of drug-likeness (QED) is 0.183. The van der Waals surface area contributed by atoms with Crippen LogP contribution >= 0.6 is 0 Å². The molecule has 138 valence electrons. The predicted molar refractivity (Wildman–Crippen MR) is 132 cm³/mol. The van der Waals surface area contributed by atoms with E-state index in [0.29, 0.717) is 0 Å². The number of aryl methyl sites for hydroxylation is 2. The summed E-state index contributed by atoms with van der Waals surface area (Å²) in [5.74, 6) is 0. The average Bonchev–Trinajstić information content (AvgIpc) is 2.80. The van der Waals surface area contributed by atoms with Gasteiger partial charge in [0.15, 0.2) is 0 Å². The van der Waals surface area contributed by atoms with Gasteiger partial charge in [0, 0.05) is 0 Å². The molecule has 0 radical (unpaired) electrons. The lowest BCUT2D eigenvalue weighted by Gasteiger charge is -2.24. The molecular formula is C30H18. The van der Waals surface area contributed by atoms with E-state index in [4.69, 9.17) is 0 Å². The summed E-state index contributed by atoms with van der Waals surface area (Å²) in [4.78, 5) is 0. The number of hydrogen-bond donors (Lipinski definition) is 0. The Labute approximate surface area is 173 Å². The largest absolute Gasteiger partial charge is 0.0610 e. The summed E-state index contributed by atoms with van der Waals surface area (Å²) in [5, 5.41) is 19.8. The standard InChI is InChI=1S/C30H18/c1-15-17-7-3-11-21-23-13-5-9-19-16(2)20-10-6-14-24-22-12-4-8-18(15)26(22)29(25(17)21)30(27(19)23)28(20)24/h3-14H,1-2H3. The van der Waals surface area contributed by atoms with Gasteiger partial charge in [0.1, 0.15) is 0 Å². The highest BCUT2D eigenvalue weighted by molar-refractivity contribution is 6.49. The van der Waals surface area contributed by atoms with E-state index in [1.165, 1.54) is 86.5 Å². The van der Waals surface area contributed by atoms with E-state index in [1.807, 2.05) is 0 Å². The third kappa shape index (κ3) is 1.43. The predicted octanol–water partition coefficient (Wildman–Crippen LogP) is 8.69. The van der Waals surface area contributed by atoms with Crippen molar-refractivity contribution in [2.45, 2.75) is 13.8 Å². The van der Waals surface area contributed by atoms with Crippen LogP contribution in [-0.2, 0) is 0 Å². The lowest BCUT2D eigenvalue weighted by atomic mass is 9.78. The highest BCUT2D eigenvalue weighted by atomic mass is 14.3. The Morgan fingerprint density at radius 3 is 0.800 bits per heavy atom. The normalized spacial score (nSPS) is 13.0. The molecule has 0 nitrogen and oxygen atoms in total. The van der Waals surface area contributed by atoms with Crippen LogP contribution in [0.25, 0.3) is 75.4 Å². The summed E-state index contributed by atoms with van der Waals surface area (Å²) in [7, 11) is 0. The maximum atomic E-state index is 2.32. The van der Waals surface area contributed by atoms with Crippen LogP contribution < -0.4 is 0 Å². The molecule has 8 rings (SSSR count). The second kappa shape index (κ2) is 4.74. The molecule has 8 aromatic rings. The zero-order chi connectivity index (χ0) is 19.7. The second-order valence-corrected chi connectivity index (χ2v) is 8.91. The van der Waals surface area contributed by atoms with Gasteiger partial charge in [-0.05, 0) is 100 Å². The van der Waals surface area contributed by atoms with Crippen LogP contribution in [0.1, 0.15) is 11.1 Å². The van der Waals surface area contributed by atoms with E-state index >= 15 is 0 Å². The lowest BCUT2D eigenvalue weighted by molar-refractivity contribution is 1.59. The summed E-state index contributed by atoms with van der Waals surface area (Å²) in [6.45, 7) is 4.59. The van der Waals surface area contributed by atoms with Crippen molar-refractivity contribution in [3.8, 4) is 0 Å². The second-order valence-electron chi connectivity index (χ2n) is 8.91. The maximum absolute atomic E-state index is 2.32. The lowest BCUT2D eigenvalue weighted by Crippen LogP contribution is -1.96. The van der Waals surface area contributed by atoms with E-state index in [0.717, 1.165) is 0 Å². The van der Waals surface area contributed by atoms with Crippen molar-refractivity contribution < 1.29 is 0 Å². The van der Waals surface area contributed by atoms with Crippen molar-refractivity contribution in [2.75, 3.05) is 0 Å². The first kappa shape index (κ1) is 15.2. The van der Waals surface area contributed by atoms with E-state index < -0.39 is 0 Å². The van der Waals surface area contributed by atoms with Gasteiger partial charge in [-0.3, -0.25) is 0 Å². The third-order valence-electron chi connectivity index (χ3n) is 7.70. The third-order valence-corrected chi connectivity index (χ3v) is 7.70. The van der Waals surface area contributed by atoms with Crippen LogP contribution in [0.5, 0.6) is 0 Å². The Morgan fingerprint density at radius 1 is 0.300 bits per heavy atom. The van der Waals surface area contributed by atoms with Crippen molar-refractivity contribution in [1.82, 2.24) is 0 Å². The minimum Gasteiger partial charge on any atom is -0.0610 e.